The second-order valence-corrected chi connectivity index (χ2v) is 5.63. The fraction of sp³-hybridized carbons (Fsp3) is 0.692. The Kier molecular flexibility index (Phi) is 4.79. The third-order valence-corrected chi connectivity index (χ3v) is 4.19. The maximum Gasteiger partial charge on any atom is 0.117 e. The first kappa shape index (κ1) is 12.1. The number of hydrogen-bond acceptors (Lipinski definition) is 3. The van der Waals surface area contributed by atoms with Crippen LogP contribution in [-0.4, -0.2) is 18.1 Å². The van der Waals surface area contributed by atoms with Gasteiger partial charge in [0.05, 0.1) is 6.54 Å². The van der Waals surface area contributed by atoms with E-state index in [0.717, 1.165) is 36.9 Å². The van der Waals surface area contributed by atoms with Crippen molar-refractivity contribution < 1.29 is 4.42 Å². The summed E-state index contributed by atoms with van der Waals surface area (Å²) in [5, 5.41) is 3.51. The lowest BCUT2D eigenvalue weighted by Crippen LogP contribution is -2.25. The molecule has 2 nitrogen and oxygen atoms in total. The van der Waals surface area contributed by atoms with Crippen LogP contribution >= 0.6 is 11.8 Å². The molecule has 0 amide bonds. The predicted molar refractivity (Wildman–Crippen MR) is 69.8 cm³/mol. The number of furan rings is 1. The Morgan fingerprint density at radius 2 is 2.06 bits per heavy atom. The van der Waals surface area contributed by atoms with Crippen LogP contribution in [0.1, 0.15) is 31.3 Å². The first-order chi connectivity index (χ1) is 7.88. The summed E-state index contributed by atoms with van der Waals surface area (Å²) in [5.74, 6) is 5.72. The zero-order valence-electron chi connectivity index (χ0n) is 10.00. The van der Waals surface area contributed by atoms with Gasteiger partial charge < -0.3 is 9.73 Å². The average Bonchev–Trinajstić information content (AvgIpc) is 2.78. The number of rotatable bonds is 5. The van der Waals surface area contributed by atoms with Crippen molar-refractivity contribution in [3.05, 3.63) is 23.7 Å². The lowest BCUT2D eigenvalue weighted by molar-refractivity contribution is 0.411. The molecule has 2 heterocycles. The molecule has 0 aromatic carbocycles. The molecule has 16 heavy (non-hydrogen) atoms. The Balaban J connectivity index is 1.66. The molecule has 1 aromatic heterocycles. The van der Waals surface area contributed by atoms with Crippen LogP contribution in [0, 0.1) is 5.92 Å². The first-order valence-electron chi connectivity index (χ1n) is 6.24. The number of nitrogens with one attached hydrogen (secondary N) is 1. The molecule has 0 radical (unpaired) electrons. The fourth-order valence-corrected chi connectivity index (χ4v) is 3.26. The quantitative estimate of drug-likeness (QED) is 0.855. The molecule has 2 rings (SSSR count). The second kappa shape index (κ2) is 6.36. The van der Waals surface area contributed by atoms with Gasteiger partial charge in [-0.3, -0.25) is 0 Å². The van der Waals surface area contributed by atoms with E-state index < -0.39 is 0 Å². The summed E-state index contributed by atoms with van der Waals surface area (Å²) in [6, 6.07) is 4.16. The number of aryl methyl sites for hydroxylation is 1. The fourth-order valence-electron chi connectivity index (χ4n) is 2.06. The molecule has 1 fully saturated rings. The highest BCUT2D eigenvalue weighted by Gasteiger charge is 2.13. The van der Waals surface area contributed by atoms with Gasteiger partial charge in [0, 0.05) is 6.42 Å². The van der Waals surface area contributed by atoms with Crippen molar-refractivity contribution in [2.75, 3.05) is 18.1 Å². The Bertz CT molecular complexity index is 305. The number of hydrogen-bond donors (Lipinski definition) is 1. The van der Waals surface area contributed by atoms with Crippen molar-refractivity contribution in [2.45, 2.75) is 32.7 Å². The largest absolute Gasteiger partial charge is 0.465 e. The Morgan fingerprint density at radius 1 is 1.31 bits per heavy atom. The molecule has 90 valence electrons. The van der Waals surface area contributed by atoms with Gasteiger partial charge in [0.15, 0.2) is 0 Å². The molecule has 0 saturated carbocycles. The van der Waals surface area contributed by atoms with Crippen LogP contribution in [0.5, 0.6) is 0 Å². The van der Waals surface area contributed by atoms with Gasteiger partial charge in [-0.25, -0.2) is 0 Å². The standard InChI is InChI=1S/C13H21NOS/c1-2-12-3-4-13(15-12)10-14-9-11-5-7-16-8-6-11/h3-4,11,14H,2,5-10H2,1H3. The monoisotopic (exact) mass is 239 g/mol. The normalized spacial score (nSPS) is 17.8. The highest BCUT2D eigenvalue weighted by Crippen LogP contribution is 2.21. The second-order valence-electron chi connectivity index (χ2n) is 4.41. The van der Waals surface area contributed by atoms with Crippen LogP contribution in [-0.2, 0) is 13.0 Å². The van der Waals surface area contributed by atoms with E-state index in [4.69, 9.17) is 4.42 Å². The van der Waals surface area contributed by atoms with Gasteiger partial charge >= 0.3 is 0 Å². The van der Waals surface area contributed by atoms with Gasteiger partial charge in [0.25, 0.3) is 0 Å². The van der Waals surface area contributed by atoms with E-state index in [1.54, 1.807) is 0 Å². The molecular weight excluding hydrogens is 218 g/mol. The molecule has 3 heteroatoms. The van der Waals surface area contributed by atoms with Crippen LogP contribution in [0.15, 0.2) is 16.5 Å². The predicted octanol–water partition coefficient (Wildman–Crippen LogP) is 3.07. The highest BCUT2D eigenvalue weighted by molar-refractivity contribution is 7.99. The molecule has 1 N–H and O–H groups in total. The van der Waals surface area contributed by atoms with Crippen molar-refractivity contribution in [3.63, 3.8) is 0 Å². The Morgan fingerprint density at radius 3 is 2.75 bits per heavy atom. The van der Waals surface area contributed by atoms with Gasteiger partial charge in [-0.15, -0.1) is 0 Å². The molecule has 1 aromatic rings. The maximum absolute atomic E-state index is 5.66. The van der Waals surface area contributed by atoms with E-state index in [1.165, 1.54) is 24.3 Å². The highest BCUT2D eigenvalue weighted by atomic mass is 32.2. The summed E-state index contributed by atoms with van der Waals surface area (Å²) in [4.78, 5) is 0. The summed E-state index contributed by atoms with van der Waals surface area (Å²) >= 11 is 2.09. The van der Waals surface area contributed by atoms with Crippen LogP contribution in [0.4, 0.5) is 0 Å². The van der Waals surface area contributed by atoms with E-state index in [2.05, 4.69) is 36.1 Å². The third kappa shape index (κ3) is 3.56. The zero-order valence-corrected chi connectivity index (χ0v) is 10.8. The summed E-state index contributed by atoms with van der Waals surface area (Å²) in [5.41, 5.74) is 0. The zero-order chi connectivity index (χ0) is 11.2. The molecule has 0 bridgehead atoms. The Hall–Kier alpha value is -0.410. The molecule has 0 spiro atoms. The van der Waals surface area contributed by atoms with Crippen molar-refractivity contribution in [1.82, 2.24) is 5.32 Å². The van der Waals surface area contributed by atoms with Crippen molar-refractivity contribution in [3.8, 4) is 0 Å². The van der Waals surface area contributed by atoms with Crippen LogP contribution in [0.2, 0.25) is 0 Å². The summed E-state index contributed by atoms with van der Waals surface area (Å²) in [7, 11) is 0. The molecular formula is C13H21NOS. The van der Waals surface area contributed by atoms with Gasteiger partial charge in [-0.2, -0.15) is 11.8 Å². The van der Waals surface area contributed by atoms with Gasteiger partial charge in [0.1, 0.15) is 11.5 Å². The SMILES string of the molecule is CCc1ccc(CNCC2CCSCC2)o1. The molecule has 1 aliphatic rings. The van der Waals surface area contributed by atoms with Crippen molar-refractivity contribution in [1.29, 1.82) is 0 Å². The van der Waals surface area contributed by atoms with Crippen LogP contribution in [0.3, 0.4) is 0 Å². The third-order valence-electron chi connectivity index (χ3n) is 3.14. The average molecular weight is 239 g/mol. The molecule has 0 aliphatic carbocycles. The summed E-state index contributed by atoms with van der Waals surface area (Å²) < 4.78 is 5.66. The van der Waals surface area contributed by atoms with E-state index in [9.17, 15) is 0 Å². The summed E-state index contributed by atoms with van der Waals surface area (Å²) in [6.07, 6.45) is 3.73. The van der Waals surface area contributed by atoms with Gasteiger partial charge in [-0.1, -0.05) is 6.92 Å². The first-order valence-corrected chi connectivity index (χ1v) is 7.40. The molecule has 1 saturated heterocycles. The van der Waals surface area contributed by atoms with Gasteiger partial charge in [0.2, 0.25) is 0 Å². The number of thioether (sulfide) groups is 1. The molecule has 1 aliphatic heterocycles. The summed E-state index contributed by atoms with van der Waals surface area (Å²) in [6.45, 7) is 4.14. The lowest BCUT2D eigenvalue weighted by Gasteiger charge is -2.21. The van der Waals surface area contributed by atoms with Crippen LogP contribution < -0.4 is 5.32 Å². The minimum atomic E-state index is 0.877. The van der Waals surface area contributed by atoms with Crippen molar-refractivity contribution in [2.24, 2.45) is 5.92 Å². The lowest BCUT2D eigenvalue weighted by atomic mass is 10.0. The maximum atomic E-state index is 5.66. The van der Waals surface area contributed by atoms with E-state index in [1.807, 2.05) is 0 Å². The van der Waals surface area contributed by atoms with E-state index >= 15 is 0 Å². The van der Waals surface area contributed by atoms with E-state index in [0.29, 0.717) is 0 Å². The topological polar surface area (TPSA) is 25.2 Å². The van der Waals surface area contributed by atoms with Crippen LogP contribution in [0.25, 0.3) is 0 Å². The molecule has 0 unspecified atom stereocenters. The minimum Gasteiger partial charge on any atom is -0.465 e. The molecule has 0 atom stereocenters. The van der Waals surface area contributed by atoms with E-state index in [-0.39, 0.29) is 0 Å². The van der Waals surface area contributed by atoms with Crippen molar-refractivity contribution >= 4 is 11.8 Å². The van der Waals surface area contributed by atoms with Gasteiger partial charge in [-0.05, 0) is 48.9 Å². The minimum absolute atomic E-state index is 0.877. The Labute approximate surface area is 102 Å². The smallest absolute Gasteiger partial charge is 0.117 e.